The van der Waals surface area contributed by atoms with Gasteiger partial charge in [0.05, 0.1) is 11.1 Å². The van der Waals surface area contributed by atoms with Crippen molar-refractivity contribution in [3.8, 4) is 0 Å². The van der Waals surface area contributed by atoms with Crippen LogP contribution in [-0.2, 0) is 0 Å². The van der Waals surface area contributed by atoms with Crippen LogP contribution in [0.5, 0.6) is 0 Å². The smallest absolute Gasteiger partial charge is 0.336 e. The van der Waals surface area contributed by atoms with Crippen LogP contribution in [0.15, 0.2) is 37.9 Å². The monoisotopic (exact) mass is 294 g/mol. The van der Waals surface area contributed by atoms with E-state index in [4.69, 9.17) is 0 Å². The maximum atomic E-state index is 11.7. The van der Waals surface area contributed by atoms with Gasteiger partial charge in [-0.1, -0.05) is 50.1 Å². The number of hydrogen-bond acceptors (Lipinski definition) is 2. The first-order valence-corrected chi connectivity index (χ1v) is 6.44. The number of carbonyl (C=O) groups is 2. The molecule has 0 heterocycles. The summed E-state index contributed by atoms with van der Waals surface area (Å²) in [6.45, 7) is 11.1. The Morgan fingerprint density at radius 3 is 1.91 bits per heavy atom. The number of carboxylic acid groups (broad SMARTS) is 2. The second-order valence-electron chi connectivity index (χ2n) is 4.57. The molecule has 0 amide bonds. The summed E-state index contributed by atoms with van der Waals surface area (Å²) in [5.41, 5.74) is 1.37. The molecule has 110 valence electrons. The molecular formula is C18H14O4. The lowest BCUT2D eigenvalue weighted by atomic mass is 9.86. The fraction of sp³-hybridized carbons (Fsp3) is 0. The van der Waals surface area contributed by atoms with Crippen LogP contribution in [0.3, 0.4) is 0 Å². The minimum atomic E-state index is -1.22. The van der Waals surface area contributed by atoms with Gasteiger partial charge in [-0.3, -0.25) is 0 Å². The molecule has 4 heteroatoms. The minimum Gasteiger partial charge on any atom is -0.478 e. The topological polar surface area (TPSA) is 74.6 Å². The first-order chi connectivity index (χ1) is 10.5. The number of aromatic carboxylic acids is 2. The van der Waals surface area contributed by atoms with Gasteiger partial charge in [-0.15, -0.1) is 0 Å². The Bertz CT molecular complexity index is 844. The number of rotatable bonds is 5. The summed E-state index contributed by atoms with van der Waals surface area (Å²) in [5.74, 6) is -2.41. The number of hydrogen-bond donors (Lipinski definition) is 2. The van der Waals surface area contributed by atoms with E-state index in [1.807, 2.05) is 0 Å². The lowest BCUT2D eigenvalue weighted by Gasteiger charge is -2.16. The quantitative estimate of drug-likeness (QED) is 0.868. The Morgan fingerprint density at radius 2 is 1.45 bits per heavy atom. The molecule has 0 aliphatic heterocycles. The van der Waals surface area contributed by atoms with Crippen LogP contribution in [0.1, 0.15) is 37.4 Å². The van der Waals surface area contributed by atoms with Crippen molar-refractivity contribution >= 4 is 40.9 Å². The standard InChI is InChI=1S/C18H14O4/c1-4-10-11(5-2)13-8-7-9-14(17(19)20)15(13)16(18(21)22)12(10)6-3/h4-9H,1-3H2,(H,19,20)(H,21,22). The Kier molecular flexibility index (Phi) is 3.95. The van der Waals surface area contributed by atoms with Crippen LogP contribution in [0.2, 0.25) is 0 Å². The molecule has 0 aromatic heterocycles. The second-order valence-corrected chi connectivity index (χ2v) is 4.57. The third kappa shape index (κ3) is 2.11. The summed E-state index contributed by atoms with van der Waals surface area (Å²) < 4.78 is 0. The van der Waals surface area contributed by atoms with Gasteiger partial charge in [0.1, 0.15) is 0 Å². The van der Waals surface area contributed by atoms with E-state index in [1.165, 1.54) is 18.2 Å². The van der Waals surface area contributed by atoms with E-state index in [9.17, 15) is 19.8 Å². The molecule has 2 aromatic carbocycles. The Balaban J connectivity index is 3.27. The van der Waals surface area contributed by atoms with E-state index < -0.39 is 11.9 Å². The Morgan fingerprint density at radius 1 is 0.864 bits per heavy atom. The third-order valence-corrected chi connectivity index (χ3v) is 3.51. The SMILES string of the molecule is C=Cc1c(C=C)c(C(=O)O)c2c(C(=O)O)cccc2c1C=C. The zero-order chi connectivity index (χ0) is 16.4. The largest absolute Gasteiger partial charge is 0.478 e. The predicted molar refractivity (Wildman–Crippen MR) is 88.1 cm³/mol. The highest BCUT2D eigenvalue weighted by atomic mass is 16.4. The van der Waals surface area contributed by atoms with E-state index in [2.05, 4.69) is 19.7 Å². The van der Waals surface area contributed by atoms with E-state index >= 15 is 0 Å². The number of fused-ring (bicyclic) bond motifs is 1. The van der Waals surface area contributed by atoms with E-state index in [1.54, 1.807) is 18.2 Å². The van der Waals surface area contributed by atoms with E-state index in [0.717, 1.165) is 0 Å². The van der Waals surface area contributed by atoms with Crippen LogP contribution >= 0.6 is 0 Å². The van der Waals surface area contributed by atoms with Crippen molar-refractivity contribution in [2.45, 2.75) is 0 Å². The van der Waals surface area contributed by atoms with Crippen LogP contribution in [0, 0.1) is 0 Å². The summed E-state index contributed by atoms with van der Waals surface area (Å²) in [6, 6.07) is 4.63. The predicted octanol–water partition coefficient (Wildman–Crippen LogP) is 4.17. The van der Waals surface area contributed by atoms with Crippen LogP contribution in [-0.4, -0.2) is 22.2 Å². The van der Waals surface area contributed by atoms with Crippen LogP contribution in [0.4, 0.5) is 0 Å². The van der Waals surface area contributed by atoms with Gasteiger partial charge in [-0.25, -0.2) is 9.59 Å². The van der Waals surface area contributed by atoms with Gasteiger partial charge in [-0.05, 0) is 28.1 Å². The molecule has 0 fully saturated rings. The molecule has 0 atom stereocenters. The van der Waals surface area contributed by atoms with Gasteiger partial charge in [0, 0.05) is 5.39 Å². The Labute approximate surface area is 127 Å². The van der Waals surface area contributed by atoms with Crippen molar-refractivity contribution in [1.29, 1.82) is 0 Å². The fourth-order valence-corrected chi connectivity index (χ4v) is 2.66. The van der Waals surface area contributed by atoms with Crippen LogP contribution in [0.25, 0.3) is 29.0 Å². The van der Waals surface area contributed by atoms with Crippen LogP contribution < -0.4 is 0 Å². The van der Waals surface area contributed by atoms with E-state index in [-0.39, 0.29) is 16.5 Å². The van der Waals surface area contributed by atoms with Crippen molar-refractivity contribution in [3.05, 3.63) is 65.8 Å². The zero-order valence-corrected chi connectivity index (χ0v) is 11.8. The fourth-order valence-electron chi connectivity index (χ4n) is 2.66. The average molecular weight is 294 g/mol. The Hall–Kier alpha value is -3.14. The highest BCUT2D eigenvalue weighted by Crippen LogP contribution is 2.35. The maximum Gasteiger partial charge on any atom is 0.336 e. The maximum absolute atomic E-state index is 11.7. The van der Waals surface area contributed by atoms with Gasteiger partial charge < -0.3 is 10.2 Å². The van der Waals surface area contributed by atoms with Gasteiger partial charge in [-0.2, -0.15) is 0 Å². The lowest BCUT2D eigenvalue weighted by molar-refractivity contribution is 0.0695. The van der Waals surface area contributed by atoms with Gasteiger partial charge in [0.2, 0.25) is 0 Å². The third-order valence-electron chi connectivity index (χ3n) is 3.51. The van der Waals surface area contributed by atoms with Crippen molar-refractivity contribution < 1.29 is 19.8 Å². The normalized spacial score (nSPS) is 10.2. The summed E-state index contributed by atoms with van der Waals surface area (Å²) >= 11 is 0. The summed E-state index contributed by atoms with van der Waals surface area (Å²) in [5, 5.41) is 19.6. The van der Waals surface area contributed by atoms with Crippen molar-refractivity contribution in [2.24, 2.45) is 0 Å². The van der Waals surface area contributed by atoms with Gasteiger partial charge in [0.25, 0.3) is 0 Å². The zero-order valence-electron chi connectivity index (χ0n) is 11.8. The molecular weight excluding hydrogens is 280 g/mol. The summed E-state index contributed by atoms with van der Waals surface area (Å²) in [4.78, 5) is 23.2. The molecule has 0 radical (unpaired) electrons. The molecule has 2 rings (SSSR count). The molecule has 0 bridgehead atoms. The molecule has 0 saturated carbocycles. The molecule has 22 heavy (non-hydrogen) atoms. The first-order valence-electron chi connectivity index (χ1n) is 6.44. The highest BCUT2D eigenvalue weighted by Gasteiger charge is 2.23. The number of carboxylic acids is 2. The molecule has 2 aromatic rings. The molecule has 2 N–H and O–H groups in total. The van der Waals surface area contributed by atoms with Gasteiger partial charge in [0.15, 0.2) is 0 Å². The van der Waals surface area contributed by atoms with Crippen molar-refractivity contribution in [1.82, 2.24) is 0 Å². The molecule has 0 spiro atoms. The van der Waals surface area contributed by atoms with E-state index in [0.29, 0.717) is 22.1 Å². The van der Waals surface area contributed by atoms with Gasteiger partial charge >= 0.3 is 11.9 Å². The molecule has 0 aliphatic rings. The average Bonchev–Trinajstić information content (AvgIpc) is 2.50. The first kappa shape index (κ1) is 15.3. The summed E-state index contributed by atoms with van der Waals surface area (Å²) in [6.07, 6.45) is 4.47. The molecule has 0 unspecified atom stereocenters. The minimum absolute atomic E-state index is 0.0725. The van der Waals surface area contributed by atoms with Crippen molar-refractivity contribution in [3.63, 3.8) is 0 Å². The lowest BCUT2D eigenvalue weighted by Crippen LogP contribution is -2.09. The highest BCUT2D eigenvalue weighted by molar-refractivity contribution is 6.17. The molecule has 0 saturated heterocycles. The molecule has 0 aliphatic carbocycles. The molecule has 4 nitrogen and oxygen atoms in total. The number of benzene rings is 2. The van der Waals surface area contributed by atoms with Crippen molar-refractivity contribution in [2.75, 3.05) is 0 Å². The summed E-state index contributed by atoms with van der Waals surface area (Å²) in [7, 11) is 0. The second kappa shape index (κ2) is 5.69.